The number of aryl methyl sites for hydroxylation is 1. The molecule has 0 unspecified atom stereocenters. The highest BCUT2D eigenvalue weighted by Crippen LogP contribution is 2.20. The van der Waals surface area contributed by atoms with E-state index in [-0.39, 0.29) is 0 Å². The minimum atomic E-state index is -0.420. The molecule has 0 N–H and O–H groups in total. The number of nitrogens with zero attached hydrogens (tertiary/aromatic N) is 7. The van der Waals surface area contributed by atoms with Crippen LogP contribution in [0.25, 0.3) is 0 Å². The smallest absolute Gasteiger partial charge is 0.227 e. The molecule has 4 heterocycles. The van der Waals surface area contributed by atoms with Gasteiger partial charge in [0.15, 0.2) is 5.82 Å². The standard InChI is InChI=1S/C17H22FN7O/c1-13-10-15(23-6-8-26-9-7-23)22-17(21-13)25-4-2-24(3-5-25)16-19-11-14(18)12-20-16/h10-12H,2-9H2,1H3. The number of hydrogen-bond donors (Lipinski definition) is 0. The first kappa shape index (κ1) is 16.9. The molecule has 2 aliphatic rings. The average molecular weight is 359 g/mol. The number of rotatable bonds is 3. The van der Waals surface area contributed by atoms with E-state index in [1.165, 1.54) is 12.4 Å². The van der Waals surface area contributed by atoms with Crippen LogP contribution in [0.2, 0.25) is 0 Å². The third-order valence-corrected chi connectivity index (χ3v) is 4.62. The SMILES string of the molecule is Cc1cc(N2CCOCC2)nc(N2CCN(c3ncc(F)cn3)CC2)n1. The Kier molecular flexibility index (Phi) is 4.79. The van der Waals surface area contributed by atoms with Crippen molar-refractivity contribution in [3.05, 3.63) is 30.0 Å². The third-order valence-electron chi connectivity index (χ3n) is 4.62. The molecular formula is C17H22FN7O. The predicted octanol–water partition coefficient (Wildman–Crippen LogP) is 0.877. The third kappa shape index (κ3) is 3.67. The topological polar surface area (TPSA) is 70.5 Å². The van der Waals surface area contributed by atoms with Gasteiger partial charge in [0.05, 0.1) is 25.6 Å². The fourth-order valence-corrected chi connectivity index (χ4v) is 3.21. The number of anilines is 3. The highest BCUT2D eigenvalue weighted by atomic mass is 19.1. The van der Waals surface area contributed by atoms with Crippen LogP contribution in [0.5, 0.6) is 0 Å². The van der Waals surface area contributed by atoms with Crippen molar-refractivity contribution >= 4 is 17.7 Å². The van der Waals surface area contributed by atoms with E-state index in [4.69, 9.17) is 9.72 Å². The van der Waals surface area contributed by atoms with Gasteiger partial charge in [0.25, 0.3) is 0 Å². The van der Waals surface area contributed by atoms with Gasteiger partial charge in [-0.25, -0.2) is 19.3 Å². The molecule has 138 valence electrons. The van der Waals surface area contributed by atoms with Crippen molar-refractivity contribution in [2.24, 2.45) is 0 Å². The van der Waals surface area contributed by atoms with Gasteiger partial charge in [-0.1, -0.05) is 0 Å². The van der Waals surface area contributed by atoms with Gasteiger partial charge in [-0.3, -0.25) is 0 Å². The molecule has 2 fully saturated rings. The largest absolute Gasteiger partial charge is 0.378 e. The first-order valence-corrected chi connectivity index (χ1v) is 8.85. The Bertz CT molecular complexity index is 743. The van der Waals surface area contributed by atoms with Crippen molar-refractivity contribution in [2.45, 2.75) is 6.92 Å². The summed E-state index contributed by atoms with van der Waals surface area (Å²) in [5.41, 5.74) is 0.959. The molecule has 2 saturated heterocycles. The summed E-state index contributed by atoms with van der Waals surface area (Å²) in [6.07, 6.45) is 2.40. The Hall–Kier alpha value is -2.55. The van der Waals surface area contributed by atoms with E-state index in [1.54, 1.807) is 0 Å². The molecule has 2 aromatic heterocycles. The lowest BCUT2D eigenvalue weighted by Crippen LogP contribution is -2.48. The summed E-state index contributed by atoms with van der Waals surface area (Å²) in [6, 6.07) is 2.03. The second-order valence-electron chi connectivity index (χ2n) is 6.44. The van der Waals surface area contributed by atoms with Crippen LogP contribution in [0.1, 0.15) is 5.69 Å². The van der Waals surface area contributed by atoms with E-state index in [9.17, 15) is 4.39 Å². The Morgan fingerprint density at radius 2 is 1.46 bits per heavy atom. The van der Waals surface area contributed by atoms with Crippen molar-refractivity contribution in [1.82, 2.24) is 19.9 Å². The normalized spacial score (nSPS) is 18.3. The minimum absolute atomic E-state index is 0.420. The average Bonchev–Trinajstić information content (AvgIpc) is 2.69. The molecule has 0 spiro atoms. The Morgan fingerprint density at radius 1 is 0.846 bits per heavy atom. The molecule has 0 aromatic carbocycles. The molecular weight excluding hydrogens is 337 g/mol. The van der Waals surface area contributed by atoms with E-state index in [2.05, 4.69) is 29.7 Å². The van der Waals surface area contributed by atoms with E-state index >= 15 is 0 Å². The molecule has 2 aliphatic heterocycles. The molecule has 0 amide bonds. The minimum Gasteiger partial charge on any atom is -0.378 e. The molecule has 0 aliphatic carbocycles. The lowest BCUT2D eigenvalue weighted by atomic mass is 10.3. The second-order valence-corrected chi connectivity index (χ2v) is 6.44. The molecule has 0 atom stereocenters. The van der Waals surface area contributed by atoms with E-state index in [0.29, 0.717) is 5.95 Å². The van der Waals surface area contributed by atoms with E-state index < -0.39 is 5.82 Å². The number of piperazine rings is 1. The molecule has 0 radical (unpaired) electrons. The van der Waals surface area contributed by atoms with Crippen LogP contribution in [-0.4, -0.2) is 72.4 Å². The fourth-order valence-electron chi connectivity index (χ4n) is 3.21. The van der Waals surface area contributed by atoms with Gasteiger partial charge in [-0.2, -0.15) is 4.98 Å². The maximum absolute atomic E-state index is 13.0. The van der Waals surface area contributed by atoms with Crippen LogP contribution >= 0.6 is 0 Å². The van der Waals surface area contributed by atoms with Crippen molar-refractivity contribution in [3.8, 4) is 0 Å². The van der Waals surface area contributed by atoms with Crippen molar-refractivity contribution < 1.29 is 9.13 Å². The van der Waals surface area contributed by atoms with Gasteiger partial charge < -0.3 is 19.4 Å². The zero-order chi connectivity index (χ0) is 17.9. The molecule has 4 rings (SSSR count). The highest BCUT2D eigenvalue weighted by Gasteiger charge is 2.22. The summed E-state index contributed by atoms with van der Waals surface area (Å²) >= 11 is 0. The first-order valence-electron chi connectivity index (χ1n) is 8.85. The van der Waals surface area contributed by atoms with E-state index in [1.807, 2.05) is 13.0 Å². The predicted molar refractivity (Wildman–Crippen MR) is 96.2 cm³/mol. The van der Waals surface area contributed by atoms with Crippen molar-refractivity contribution in [1.29, 1.82) is 0 Å². The van der Waals surface area contributed by atoms with Crippen LogP contribution in [0.4, 0.5) is 22.1 Å². The molecule has 0 bridgehead atoms. The van der Waals surface area contributed by atoms with Crippen molar-refractivity contribution in [3.63, 3.8) is 0 Å². The second kappa shape index (κ2) is 7.36. The maximum Gasteiger partial charge on any atom is 0.227 e. The molecule has 0 saturated carbocycles. The van der Waals surface area contributed by atoms with Gasteiger partial charge in [0.2, 0.25) is 11.9 Å². The van der Waals surface area contributed by atoms with Gasteiger partial charge in [0.1, 0.15) is 5.82 Å². The summed E-state index contributed by atoms with van der Waals surface area (Å²) in [7, 11) is 0. The molecule has 9 heteroatoms. The first-order chi connectivity index (χ1) is 12.7. The van der Waals surface area contributed by atoms with Crippen molar-refractivity contribution in [2.75, 3.05) is 67.2 Å². The lowest BCUT2D eigenvalue weighted by Gasteiger charge is -2.35. The lowest BCUT2D eigenvalue weighted by molar-refractivity contribution is 0.122. The van der Waals surface area contributed by atoms with Crippen LogP contribution < -0.4 is 14.7 Å². The van der Waals surface area contributed by atoms with Gasteiger partial charge in [-0.15, -0.1) is 0 Å². The molecule has 2 aromatic rings. The van der Waals surface area contributed by atoms with E-state index in [0.717, 1.165) is 69.9 Å². The number of morpholine rings is 1. The quantitative estimate of drug-likeness (QED) is 0.800. The molecule has 8 nitrogen and oxygen atoms in total. The number of halogens is 1. The summed E-state index contributed by atoms with van der Waals surface area (Å²) in [5.74, 6) is 1.85. The van der Waals surface area contributed by atoms with Gasteiger partial charge >= 0.3 is 0 Å². The van der Waals surface area contributed by atoms with Crippen LogP contribution in [-0.2, 0) is 4.74 Å². The zero-order valence-corrected chi connectivity index (χ0v) is 14.8. The zero-order valence-electron chi connectivity index (χ0n) is 14.8. The monoisotopic (exact) mass is 359 g/mol. The van der Waals surface area contributed by atoms with Crippen LogP contribution in [0.15, 0.2) is 18.5 Å². The Morgan fingerprint density at radius 3 is 2.12 bits per heavy atom. The molecule has 26 heavy (non-hydrogen) atoms. The van der Waals surface area contributed by atoms with Crippen LogP contribution in [0.3, 0.4) is 0 Å². The summed E-state index contributed by atoms with van der Waals surface area (Å²) in [4.78, 5) is 24.0. The highest BCUT2D eigenvalue weighted by molar-refractivity contribution is 5.47. The summed E-state index contributed by atoms with van der Waals surface area (Å²) in [5, 5.41) is 0. The number of ether oxygens (including phenoxy) is 1. The number of aromatic nitrogens is 4. The Labute approximate surface area is 151 Å². The van der Waals surface area contributed by atoms with Gasteiger partial charge in [0, 0.05) is 51.0 Å². The summed E-state index contributed by atoms with van der Waals surface area (Å²) < 4.78 is 18.4. The summed E-state index contributed by atoms with van der Waals surface area (Å²) in [6.45, 7) is 8.20. The van der Waals surface area contributed by atoms with Crippen LogP contribution in [0, 0.1) is 12.7 Å². The fraction of sp³-hybridized carbons (Fsp3) is 0.529. The van der Waals surface area contributed by atoms with Gasteiger partial charge in [-0.05, 0) is 6.92 Å². The Balaban J connectivity index is 1.45. The maximum atomic E-state index is 13.0. The number of hydrogen-bond acceptors (Lipinski definition) is 8.